The lowest BCUT2D eigenvalue weighted by atomic mass is 9.99. The predicted molar refractivity (Wildman–Crippen MR) is 377 cm³/mol. The Balaban J connectivity index is 5.14. The maximum atomic E-state index is 13.1. The molecule has 0 aromatic heterocycles. The number of aliphatic hydroxyl groups is 1. The minimum absolute atomic E-state index is 0.104. The SMILES string of the molecule is CCCCCCCCCCCCCCCCCCCCCCC(=O)O[C@H](COC(=O)CCCCCCCCCCCCCCCC(C)C)COP(=O)(O)OC[C@@H](O)COP(=O)(O)OC[C@@H](COC(=O)CCCCCCC)OC(=O)CCCCCCCCCCC(C)CC. The van der Waals surface area contributed by atoms with Crippen LogP contribution in [0.4, 0.5) is 0 Å². The largest absolute Gasteiger partial charge is 0.472 e. The van der Waals surface area contributed by atoms with Crippen LogP contribution in [0.2, 0.25) is 0 Å². The third kappa shape index (κ3) is 67.0. The Hall–Kier alpha value is -1.94. The van der Waals surface area contributed by atoms with Gasteiger partial charge in [-0.15, -0.1) is 0 Å². The molecule has 93 heavy (non-hydrogen) atoms. The monoisotopic (exact) mass is 1370 g/mol. The minimum atomic E-state index is -4.95. The number of phosphoric acid groups is 2. The van der Waals surface area contributed by atoms with Crippen LogP contribution in [0.5, 0.6) is 0 Å². The fraction of sp³-hybridized carbons (Fsp3) is 0.946. The van der Waals surface area contributed by atoms with Gasteiger partial charge in [-0.2, -0.15) is 0 Å². The zero-order valence-electron chi connectivity index (χ0n) is 60.6. The van der Waals surface area contributed by atoms with Gasteiger partial charge in [0, 0.05) is 25.7 Å². The van der Waals surface area contributed by atoms with Gasteiger partial charge >= 0.3 is 39.5 Å². The van der Waals surface area contributed by atoms with Gasteiger partial charge in [0.25, 0.3) is 0 Å². The molecular weight excluding hydrogens is 1220 g/mol. The van der Waals surface area contributed by atoms with Crippen molar-refractivity contribution in [2.75, 3.05) is 39.6 Å². The van der Waals surface area contributed by atoms with Gasteiger partial charge in [-0.05, 0) is 37.5 Å². The summed E-state index contributed by atoms with van der Waals surface area (Å²) >= 11 is 0. The van der Waals surface area contributed by atoms with Gasteiger partial charge in [-0.1, -0.05) is 330 Å². The highest BCUT2D eigenvalue weighted by atomic mass is 31.2. The molecule has 0 fully saturated rings. The van der Waals surface area contributed by atoms with E-state index in [9.17, 15) is 43.2 Å². The first-order valence-corrected chi connectivity index (χ1v) is 41.5. The molecule has 0 aliphatic heterocycles. The molecule has 0 aliphatic rings. The summed E-state index contributed by atoms with van der Waals surface area (Å²) < 4.78 is 68.2. The average molecular weight is 1370 g/mol. The molecule has 0 radical (unpaired) electrons. The maximum absolute atomic E-state index is 13.1. The van der Waals surface area contributed by atoms with Gasteiger partial charge in [-0.25, -0.2) is 9.13 Å². The number of carbonyl (C=O) groups is 4. The number of rotatable bonds is 73. The molecule has 19 heteroatoms. The number of esters is 4. The van der Waals surface area contributed by atoms with Crippen molar-refractivity contribution >= 4 is 39.5 Å². The van der Waals surface area contributed by atoms with Crippen LogP contribution in [0.25, 0.3) is 0 Å². The summed E-state index contributed by atoms with van der Waals surface area (Å²) in [4.78, 5) is 72.4. The third-order valence-electron chi connectivity index (χ3n) is 17.6. The van der Waals surface area contributed by atoms with Crippen LogP contribution in [-0.2, 0) is 65.4 Å². The van der Waals surface area contributed by atoms with Gasteiger partial charge in [0.1, 0.15) is 19.3 Å². The van der Waals surface area contributed by atoms with Crippen LogP contribution in [0.3, 0.4) is 0 Å². The Kier molecular flexibility index (Phi) is 64.6. The molecule has 3 unspecified atom stereocenters. The summed E-state index contributed by atoms with van der Waals surface area (Å²) in [6, 6.07) is 0. The summed E-state index contributed by atoms with van der Waals surface area (Å²) in [6.07, 6.45) is 53.2. The van der Waals surface area contributed by atoms with Crippen molar-refractivity contribution in [3.63, 3.8) is 0 Å². The van der Waals surface area contributed by atoms with Crippen molar-refractivity contribution in [2.24, 2.45) is 11.8 Å². The van der Waals surface area contributed by atoms with Gasteiger partial charge in [0.05, 0.1) is 26.4 Å². The van der Waals surface area contributed by atoms with E-state index in [0.29, 0.717) is 25.7 Å². The van der Waals surface area contributed by atoms with E-state index in [-0.39, 0.29) is 25.7 Å². The molecule has 0 bridgehead atoms. The van der Waals surface area contributed by atoms with Gasteiger partial charge in [-0.3, -0.25) is 37.3 Å². The number of carbonyl (C=O) groups excluding carboxylic acids is 4. The summed E-state index contributed by atoms with van der Waals surface area (Å²) in [5.74, 6) is -0.570. The number of phosphoric ester groups is 2. The highest BCUT2D eigenvalue weighted by Crippen LogP contribution is 2.45. The predicted octanol–water partition coefficient (Wildman–Crippen LogP) is 21.6. The molecule has 0 amide bonds. The van der Waals surface area contributed by atoms with Crippen LogP contribution in [0.1, 0.15) is 382 Å². The van der Waals surface area contributed by atoms with E-state index >= 15 is 0 Å². The van der Waals surface area contributed by atoms with Crippen LogP contribution < -0.4 is 0 Å². The van der Waals surface area contributed by atoms with Crippen molar-refractivity contribution in [3.8, 4) is 0 Å². The second-order valence-electron chi connectivity index (χ2n) is 27.4. The van der Waals surface area contributed by atoms with E-state index < -0.39 is 97.5 Å². The number of aliphatic hydroxyl groups excluding tert-OH is 1. The van der Waals surface area contributed by atoms with Crippen molar-refractivity contribution in [1.29, 1.82) is 0 Å². The smallest absolute Gasteiger partial charge is 0.462 e. The van der Waals surface area contributed by atoms with Gasteiger partial charge in [0.2, 0.25) is 0 Å². The van der Waals surface area contributed by atoms with E-state index in [4.69, 9.17) is 37.0 Å². The Labute approximate surface area is 568 Å². The molecular formula is C74H144O17P2. The highest BCUT2D eigenvalue weighted by Gasteiger charge is 2.30. The minimum Gasteiger partial charge on any atom is -0.462 e. The topological polar surface area (TPSA) is 237 Å². The van der Waals surface area contributed by atoms with Crippen LogP contribution in [-0.4, -0.2) is 96.7 Å². The average Bonchev–Trinajstić information content (AvgIpc) is 2.29. The summed E-state index contributed by atoms with van der Waals surface area (Å²) in [7, 11) is -9.90. The molecule has 0 spiro atoms. The molecule has 0 aliphatic carbocycles. The molecule has 0 heterocycles. The molecule has 6 atom stereocenters. The zero-order chi connectivity index (χ0) is 68.6. The summed E-state index contributed by atoms with van der Waals surface area (Å²) in [5.41, 5.74) is 0. The molecule has 3 N–H and O–H groups in total. The third-order valence-corrected chi connectivity index (χ3v) is 19.5. The summed E-state index contributed by atoms with van der Waals surface area (Å²) in [5, 5.41) is 10.6. The Bertz CT molecular complexity index is 1810. The van der Waals surface area contributed by atoms with Crippen LogP contribution in [0.15, 0.2) is 0 Å². The van der Waals surface area contributed by atoms with Crippen LogP contribution in [0, 0.1) is 11.8 Å². The maximum Gasteiger partial charge on any atom is 0.472 e. The quantitative estimate of drug-likeness (QED) is 0.0222. The van der Waals surface area contributed by atoms with Crippen molar-refractivity contribution < 1.29 is 80.2 Å². The van der Waals surface area contributed by atoms with E-state index in [1.165, 1.54) is 193 Å². The van der Waals surface area contributed by atoms with E-state index in [2.05, 4.69) is 41.5 Å². The molecule has 0 rings (SSSR count). The molecule has 17 nitrogen and oxygen atoms in total. The zero-order valence-corrected chi connectivity index (χ0v) is 62.3. The van der Waals surface area contributed by atoms with E-state index in [1.807, 2.05) is 0 Å². The Morgan fingerprint density at radius 2 is 0.548 bits per heavy atom. The molecule has 0 aromatic rings. The number of hydrogen-bond donors (Lipinski definition) is 3. The first kappa shape index (κ1) is 91.1. The normalized spacial score (nSPS) is 14.3. The second-order valence-corrected chi connectivity index (χ2v) is 30.3. The lowest BCUT2D eigenvalue weighted by molar-refractivity contribution is -0.161. The van der Waals surface area contributed by atoms with E-state index in [0.717, 1.165) is 108 Å². The highest BCUT2D eigenvalue weighted by molar-refractivity contribution is 7.47. The fourth-order valence-corrected chi connectivity index (χ4v) is 12.8. The molecule has 0 saturated heterocycles. The molecule has 0 aromatic carbocycles. The lowest BCUT2D eigenvalue weighted by Gasteiger charge is -2.21. The number of ether oxygens (including phenoxy) is 4. The van der Waals surface area contributed by atoms with Crippen LogP contribution >= 0.6 is 15.6 Å². The van der Waals surface area contributed by atoms with Crippen molar-refractivity contribution in [3.05, 3.63) is 0 Å². The molecule has 0 saturated carbocycles. The first-order chi connectivity index (χ1) is 44.9. The van der Waals surface area contributed by atoms with E-state index in [1.54, 1.807) is 0 Å². The number of unbranched alkanes of at least 4 members (excludes halogenated alkanes) is 42. The van der Waals surface area contributed by atoms with Crippen molar-refractivity contribution in [2.45, 2.75) is 400 Å². The van der Waals surface area contributed by atoms with Crippen molar-refractivity contribution in [1.82, 2.24) is 0 Å². The summed E-state index contributed by atoms with van der Waals surface area (Å²) in [6.45, 7) is 9.50. The number of hydrogen-bond acceptors (Lipinski definition) is 15. The van der Waals surface area contributed by atoms with Gasteiger partial charge < -0.3 is 33.8 Å². The Morgan fingerprint density at radius 3 is 0.817 bits per heavy atom. The Morgan fingerprint density at radius 1 is 0.312 bits per heavy atom. The van der Waals surface area contributed by atoms with Gasteiger partial charge in [0.15, 0.2) is 12.2 Å². The standard InChI is InChI=1S/C74H144O17P2/c1-7-10-12-14-15-16-17-18-19-20-21-22-23-24-27-31-34-40-46-52-58-73(78)91-70(63-85-72(77)57-51-45-39-33-30-28-25-26-29-32-37-43-48-54-66(4)5)65-89-93(82,83)87-61-68(75)60-86-92(80,81)88-64-69(62-84-71(76)56-50-42-13-11-8-2)90-74(79)59-53-47-41-36-35-38-44-49-55-67(6)9-3/h66-70,75H,7-65H2,1-6H3,(H,80,81)(H,82,83)/t67?,68-,69+,70+/m0/s1. The molecule has 552 valence electrons. The second kappa shape index (κ2) is 66.0. The first-order valence-electron chi connectivity index (χ1n) is 38.5. The fourth-order valence-electron chi connectivity index (χ4n) is 11.3. The lowest BCUT2D eigenvalue weighted by Crippen LogP contribution is -2.30.